The Morgan fingerprint density at radius 2 is 2.22 bits per heavy atom. The minimum absolute atomic E-state index is 0.507. The van der Waals surface area contributed by atoms with Crippen LogP contribution in [-0.4, -0.2) is 19.8 Å². The van der Waals surface area contributed by atoms with E-state index in [2.05, 4.69) is 29.8 Å². The van der Waals surface area contributed by atoms with E-state index in [1.807, 2.05) is 11.3 Å². The topological polar surface area (TPSA) is 21.3 Å². The molecule has 102 valence electrons. The van der Waals surface area contributed by atoms with Gasteiger partial charge in [0.05, 0.1) is 0 Å². The van der Waals surface area contributed by atoms with Gasteiger partial charge in [-0.25, -0.2) is 0 Å². The van der Waals surface area contributed by atoms with Crippen LogP contribution in [0.5, 0.6) is 0 Å². The number of hydrogen-bond donors (Lipinski definition) is 1. The van der Waals surface area contributed by atoms with E-state index < -0.39 is 0 Å². The van der Waals surface area contributed by atoms with Gasteiger partial charge >= 0.3 is 0 Å². The van der Waals surface area contributed by atoms with E-state index in [0.717, 1.165) is 25.7 Å². The fourth-order valence-electron chi connectivity index (χ4n) is 2.55. The van der Waals surface area contributed by atoms with Gasteiger partial charge in [0.25, 0.3) is 0 Å². The van der Waals surface area contributed by atoms with E-state index in [-0.39, 0.29) is 0 Å². The van der Waals surface area contributed by atoms with E-state index in [9.17, 15) is 0 Å². The zero-order valence-corrected chi connectivity index (χ0v) is 12.2. The van der Waals surface area contributed by atoms with E-state index >= 15 is 0 Å². The number of nitrogens with one attached hydrogen (secondary N) is 1. The summed E-state index contributed by atoms with van der Waals surface area (Å²) in [5, 5.41) is 5.76. The molecule has 0 saturated carbocycles. The van der Waals surface area contributed by atoms with Gasteiger partial charge in [0.2, 0.25) is 0 Å². The summed E-state index contributed by atoms with van der Waals surface area (Å²) in [5.74, 6) is 0.925. The summed E-state index contributed by atoms with van der Waals surface area (Å²) in [5.41, 5.74) is 0. The summed E-state index contributed by atoms with van der Waals surface area (Å²) in [4.78, 5) is 1.44. The van der Waals surface area contributed by atoms with Gasteiger partial charge < -0.3 is 10.1 Å². The van der Waals surface area contributed by atoms with Gasteiger partial charge in [-0.15, -0.1) is 11.3 Å². The number of ether oxygens (including phenoxy) is 1. The number of unbranched alkanes of at least 4 members (excludes halogenated alkanes) is 1. The summed E-state index contributed by atoms with van der Waals surface area (Å²) in [6.45, 7) is 5.36. The Hall–Kier alpha value is -0.380. The Balaban J connectivity index is 1.50. The molecule has 1 fully saturated rings. The molecule has 1 aromatic rings. The zero-order valence-electron chi connectivity index (χ0n) is 11.4. The first kappa shape index (κ1) is 14.0. The van der Waals surface area contributed by atoms with Crippen LogP contribution in [0, 0.1) is 5.92 Å². The zero-order chi connectivity index (χ0) is 12.6. The molecular weight excluding hydrogens is 242 g/mol. The molecule has 1 N–H and O–H groups in total. The molecule has 0 unspecified atom stereocenters. The van der Waals surface area contributed by atoms with Crippen LogP contribution in [0.3, 0.4) is 0 Å². The maximum atomic E-state index is 5.39. The fraction of sp³-hybridized carbons (Fsp3) is 0.733. The molecule has 0 spiro atoms. The van der Waals surface area contributed by atoms with Gasteiger partial charge in [-0.05, 0) is 50.1 Å². The highest BCUT2D eigenvalue weighted by Gasteiger charge is 2.13. The van der Waals surface area contributed by atoms with E-state index in [1.165, 1.54) is 37.0 Å². The van der Waals surface area contributed by atoms with Crippen molar-refractivity contribution in [3.05, 3.63) is 22.4 Å². The van der Waals surface area contributed by atoms with Crippen molar-refractivity contribution >= 4 is 11.3 Å². The smallest absolute Gasteiger partial charge is 0.0468 e. The van der Waals surface area contributed by atoms with Crippen molar-refractivity contribution in [2.24, 2.45) is 5.92 Å². The second kappa shape index (κ2) is 7.93. The highest BCUT2D eigenvalue weighted by Crippen LogP contribution is 2.21. The second-order valence-electron chi connectivity index (χ2n) is 5.24. The lowest BCUT2D eigenvalue weighted by molar-refractivity contribution is 0.0631. The van der Waals surface area contributed by atoms with Gasteiger partial charge in [0.15, 0.2) is 0 Å². The van der Waals surface area contributed by atoms with E-state index in [4.69, 9.17) is 4.74 Å². The van der Waals surface area contributed by atoms with Crippen molar-refractivity contribution in [3.63, 3.8) is 0 Å². The van der Waals surface area contributed by atoms with Gasteiger partial charge in [-0.2, -0.15) is 0 Å². The van der Waals surface area contributed by atoms with Crippen LogP contribution in [0.1, 0.15) is 49.9 Å². The molecule has 1 aliphatic heterocycles. The molecule has 0 aromatic carbocycles. The van der Waals surface area contributed by atoms with Gasteiger partial charge in [-0.3, -0.25) is 0 Å². The van der Waals surface area contributed by atoms with Crippen LogP contribution in [0.15, 0.2) is 17.5 Å². The Labute approximate surface area is 115 Å². The minimum atomic E-state index is 0.507. The van der Waals surface area contributed by atoms with Gasteiger partial charge in [0, 0.05) is 24.1 Å². The Morgan fingerprint density at radius 3 is 2.94 bits per heavy atom. The Kier molecular flexibility index (Phi) is 6.18. The molecule has 0 aliphatic carbocycles. The number of thiophene rings is 1. The summed E-state index contributed by atoms with van der Waals surface area (Å²) in [6.07, 6.45) is 6.60. The molecule has 18 heavy (non-hydrogen) atoms. The molecule has 2 nitrogen and oxygen atoms in total. The van der Waals surface area contributed by atoms with Crippen molar-refractivity contribution in [2.75, 3.05) is 19.8 Å². The molecule has 1 aliphatic rings. The van der Waals surface area contributed by atoms with Crippen LogP contribution in [0.25, 0.3) is 0 Å². The van der Waals surface area contributed by atoms with Gasteiger partial charge in [-0.1, -0.05) is 18.9 Å². The van der Waals surface area contributed by atoms with Crippen molar-refractivity contribution in [2.45, 2.75) is 45.1 Å². The standard InChI is InChI=1S/C15H25NOS/c1-13(15-6-4-12-18-15)16-9-3-2-5-14-7-10-17-11-8-14/h4,6,12-14,16H,2-3,5,7-11H2,1H3/t13-/m0/s1. The fourth-order valence-corrected chi connectivity index (χ4v) is 3.31. The monoisotopic (exact) mass is 267 g/mol. The first-order valence-electron chi connectivity index (χ1n) is 7.21. The molecule has 3 heteroatoms. The van der Waals surface area contributed by atoms with Crippen molar-refractivity contribution in [3.8, 4) is 0 Å². The predicted octanol–water partition coefficient (Wildman–Crippen LogP) is 4.00. The lowest BCUT2D eigenvalue weighted by Crippen LogP contribution is -2.20. The molecular formula is C15H25NOS. The van der Waals surface area contributed by atoms with Gasteiger partial charge in [0.1, 0.15) is 0 Å². The third-order valence-corrected chi connectivity index (χ3v) is 4.86. The molecule has 0 radical (unpaired) electrons. The van der Waals surface area contributed by atoms with Crippen molar-refractivity contribution < 1.29 is 4.74 Å². The summed E-state index contributed by atoms with van der Waals surface area (Å²) in [6, 6.07) is 4.85. The Morgan fingerprint density at radius 1 is 1.39 bits per heavy atom. The number of rotatable bonds is 7. The predicted molar refractivity (Wildman–Crippen MR) is 78.1 cm³/mol. The maximum absolute atomic E-state index is 5.39. The van der Waals surface area contributed by atoms with E-state index in [1.54, 1.807) is 0 Å². The first-order chi connectivity index (χ1) is 8.86. The third kappa shape index (κ3) is 4.71. The number of hydrogen-bond acceptors (Lipinski definition) is 3. The second-order valence-corrected chi connectivity index (χ2v) is 6.22. The molecule has 1 atom stereocenters. The molecule has 1 saturated heterocycles. The molecule has 2 heterocycles. The van der Waals surface area contributed by atoms with Crippen LogP contribution < -0.4 is 5.32 Å². The van der Waals surface area contributed by atoms with Crippen LogP contribution >= 0.6 is 11.3 Å². The minimum Gasteiger partial charge on any atom is -0.381 e. The lowest BCUT2D eigenvalue weighted by atomic mass is 9.94. The van der Waals surface area contributed by atoms with Crippen LogP contribution in [0.4, 0.5) is 0 Å². The van der Waals surface area contributed by atoms with Crippen LogP contribution in [0.2, 0.25) is 0 Å². The normalized spacial score (nSPS) is 18.9. The quantitative estimate of drug-likeness (QED) is 0.754. The van der Waals surface area contributed by atoms with Crippen molar-refractivity contribution in [1.82, 2.24) is 5.32 Å². The van der Waals surface area contributed by atoms with E-state index in [0.29, 0.717) is 6.04 Å². The first-order valence-corrected chi connectivity index (χ1v) is 8.09. The molecule has 1 aromatic heterocycles. The van der Waals surface area contributed by atoms with Crippen molar-refractivity contribution in [1.29, 1.82) is 0 Å². The average Bonchev–Trinajstić information content (AvgIpc) is 2.93. The third-order valence-electron chi connectivity index (χ3n) is 3.80. The summed E-state index contributed by atoms with van der Waals surface area (Å²) >= 11 is 1.84. The lowest BCUT2D eigenvalue weighted by Gasteiger charge is -2.21. The highest BCUT2D eigenvalue weighted by molar-refractivity contribution is 7.10. The largest absolute Gasteiger partial charge is 0.381 e. The maximum Gasteiger partial charge on any atom is 0.0468 e. The summed E-state index contributed by atoms with van der Waals surface area (Å²) in [7, 11) is 0. The van der Waals surface area contributed by atoms with Crippen LogP contribution in [-0.2, 0) is 4.74 Å². The molecule has 0 amide bonds. The Bertz CT molecular complexity index is 306. The molecule has 2 rings (SSSR count). The average molecular weight is 267 g/mol. The highest BCUT2D eigenvalue weighted by atomic mass is 32.1. The SMILES string of the molecule is C[C@H](NCCCCC1CCOCC1)c1cccs1. The molecule has 0 bridgehead atoms. The summed E-state index contributed by atoms with van der Waals surface area (Å²) < 4.78 is 5.39.